The van der Waals surface area contributed by atoms with Crippen molar-refractivity contribution in [2.45, 2.75) is 39.3 Å². The first-order chi connectivity index (χ1) is 8.06. The molecule has 0 saturated carbocycles. The first kappa shape index (κ1) is 13.4. The van der Waals surface area contributed by atoms with Gasteiger partial charge < -0.3 is 0 Å². The third-order valence-corrected chi connectivity index (χ3v) is 4.51. The second-order valence-electron chi connectivity index (χ2n) is 5.18. The number of hydrogen-bond acceptors (Lipinski definition) is 1. The summed E-state index contributed by atoms with van der Waals surface area (Å²) >= 11 is 9.71. The number of rotatable bonds is 2. The van der Waals surface area contributed by atoms with Gasteiger partial charge in [-0.25, -0.2) is 0 Å². The fourth-order valence-corrected chi connectivity index (χ4v) is 3.29. The minimum absolute atomic E-state index is 0.665. The highest BCUT2D eigenvalue weighted by Crippen LogP contribution is 2.27. The largest absolute Gasteiger partial charge is 0.296 e. The van der Waals surface area contributed by atoms with E-state index >= 15 is 0 Å². The Hall–Kier alpha value is -0.0500. The molecule has 1 aliphatic rings. The Labute approximate surface area is 117 Å². The Bertz CT molecular complexity index is 394. The second-order valence-corrected chi connectivity index (χ2v) is 6.51. The average Bonchev–Trinajstić information content (AvgIpc) is 2.25. The number of likely N-dealkylation sites (tertiary alicyclic amines) is 1. The molecule has 0 N–H and O–H groups in total. The van der Waals surface area contributed by atoms with Crippen LogP contribution in [-0.4, -0.2) is 17.5 Å². The quantitative estimate of drug-likeness (QED) is 0.763. The van der Waals surface area contributed by atoms with Crippen molar-refractivity contribution in [2.75, 3.05) is 6.54 Å². The number of hydrogen-bond donors (Lipinski definition) is 0. The van der Waals surface area contributed by atoms with Gasteiger partial charge in [0.1, 0.15) is 0 Å². The molecule has 0 spiro atoms. The van der Waals surface area contributed by atoms with Crippen molar-refractivity contribution >= 4 is 27.5 Å². The van der Waals surface area contributed by atoms with E-state index in [4.69, 9.17) is 11.6 Å². The van der Waals surface area contributed by atoms with E-state index in [0.717, 1.165) is 22.0 Å². The highest BCUT2D eigenvalue weighted by Gasteiger charge is 2.23. The summed E-state index contributed by atoms with van der Waals surface area (Å²) in [6, 6.07) is 6.84. The fourth-order valence-electron chi connectivity index (χ4n) is 2.56. The summed E-state index contributed by atoms with van der Waals surface area (Å²) in [6.45, 7) is 6.83. The lowest BCUT2D eigenvalue weighted by Crippen LogP contribution is -2.39. The summed E-state index contributed by atoms with van der Waals surface area (Å²) in [5, 5.41) is 0.866. The molecule has 0 bridgehead atoms. The maximum Gasteiger partial charge on any atom is 0.0462 e. The van der Waals surface area contributed by atoms with Gasteiger partial charge in [0, 0.05) is 22.1 Å². The Morgan fingerprint density at radius 2 is 2.18 bits per heavy atom. The minimum Gasteiger partial charge on any atom is -0.296 e. The molecule has 2 unspecified atom stereocenters. The topological polar surface area (TPSA) is 3.24 Å². The minimum atomic E-state index is 0.665. The summed E-state index contributed by atoms with van der Waals surface area (Å²) < 4.78 is 1.05. The van der Waals surface area contributed by atoms with Gasteiger partial charge in [-0.2, -0.15) is 0 Å². The van der Waals surface area contributed by atoms with E-state index in [1.165, 1.54) is 24.9 Å². The van der Waals surface area contributed by atoms with E-state index in [0.29, 0.717) is 6.04 Å². The first-order valence-corrected chi connectivity index (χ1v) is 7.41. The van der Waals surface area contributed by atoms with Gasteiger partial charge in [0.2, 0.25) is 0 Å². The van der Waals surface area contributed by atoms with Gasteiger partial charge in [0.25, 0.3) is 0 Å². The predicted molar refractivity (Wildman–Crippen MR) is 77.4 cm³/mol. The van der Waals surface area contributed by atoms with Crippen molar-refractivity contribution < 1.29 is 0 Å². The summed E-state index contributed by atoms with van der Waals surface area (Å²) in [6.07, 6.45) is 2.60. The van der Waals surface area contributed by atoms with Crippen molar-refractivity contribution in [3.05, 3.63) is 33.3 Å². The molecule has 1 saturated heterocycles. The third-order valence-electron chi connectivity index (χ3n) is 3.66. The van der Waals surface area contributed by atoms with Gasteiger partial charge in [-0.3, -0.25) is 4.90 Å². The molecule has 1 aliphatic heterocycles. The SMILES string of the molecule is CC1CCN(Cc2ccc(Br)cc2Cl)C(C)C1. The summed E-state index contributed by atoms with van der Waals surface area (Å²) in [5.74, 6) is 0.863. The van der Waals surface area contributed by atoms with Gasteiger partial charge in [0.05, 0.1) is 0 Å². The first-order valence-electron chi connectivity index (χ1n) is 6.24. The van der Waals surface area contributed by atoms with Crippen LogP contribution in [0.4, 0.5) is 0 Å². The zero-order chi connectivity index (χ0) is 12.4. The molecule has 17 heavy (non-hydrogen) atoms. The van der Waals surface area contributed by atoms with Crippen molar-refractivity contribution in [3.63, 3.8) is 0 Å². The number of nitrogens with zero attached hydrogens (tertiary/aromatic N) is 1. The van der Waals surface area contributed by atoms with Crippen LogP contribution < -0.4 is 0 Å². The smallest absolute Gasteiger partial charge is 0.0462 e. The van der Waals surface area contributed by atoms with E-state index in [1.807, 2.05) is 6.07 Å². The molecule has 0 aliphatic carbocycles. The van der Waals surface area contributed by atoms with Gasteiger partial charge in [-0.15, -0.1) is 0 Å². The van der Waals surface area contributed by atoms with Crippen LogP contribution in [0.3, 0.4) is 0 Å². The van der Waals surface area contributed by atoms with Crippen LogP contribution in [0.2, 0.25) is 5.02 Å². The van der Waals surface area contributed by atoms with Gasteiger partial charge in [-0.1, -0.05) is 40.5 Å². The van der Waals surface area contributed by atoms with Crippen molar-refractivity contribution in [2.24, 2.45) is 5.92 Å². The lowest BCUT2D eigenvalue weighted by molar-refractivity contribution is 0.122. The maximum atomic E-state index is 6.27. The number of benzene rings is 1. The molecule has 0 amide bonds. The average molecular weight is 317 g/mol. The Kier molecular flexibility index (Phi) is 4.51. The highest BCUT2D eigenvalue weighted by molar-refractivity contribution is 9.10. The molecule has 2 rings (SSSR count). The van der Waals surface area contributed by atoms with Crippen LogP contribution in [0.15, 0.2) is 22.7 Å². The fraction of sp³-hybridized carbons (Fsp3) is 0.571. The second kappa shape index (κ2) is 5.73. The van der Waals surface area contributed by atoms with Crippen molar-refractivity contribution in [3.8, 4) is 0 Å². The van der Waals surface area contributed by atoms with Gasteiger partial charge in [-0.05, 0) is 49.9 Å². The molecule has 1 heterocycles. The zero-order valence-corrected chi connectivity index (χ0v) is 12.8. The van der Waals surface area contributed by atoms with Gasteiger partial charge in [0.15, 0.2) is 0 Å². The Morgan fingerprint density at radius 3 is 2.82 bits per heavy atom. The van der Waals surface area contributed by atoms with Crippen LogP contribution in [0.1, 0.15) is 32.3 Å². The highest BCUT2D eigenvalue weighted by atomic mass is 79.9. The van der Waals surface area contributed by atoms with Crippen molar-refractivity contribution in [1.29, 1.82) is 0 Å². The summed E-state index contributed by atoms with van der Waals surface area (Å²) in [4.78, 5) is 2.54. The summed E-state index contributed by atoms with van der Waals surface area (Å²) in [5.41, 5.74) is 1.23. The molecule has 1 nitrogen and oxygen atoms in total. The maximum absolute atomic E-state index is 6.27. The molecule has 1 aromatic rings. The van der Waals surface area contributed by atoms with Crippen LogP contribution in [-0.2, 0) is 6.54 Å². The number of piperidine rings is 1. The lowest BCUT2D eigenvalue weighted by atomic mass is 9.93. The lowest BCUT2D eigenvalue weighted by Gasteiger charge is -2.36. The molecular weight excluding hydrogens is 298 g/mol. The van der Waals surface area contributed by atoms with Crippen LogP contribution in [0, 0.1) is 5.92 Å². The monoisotopic (exact) mass is 315 g/mol. The standard InChI is InChI=1S/C14H19BrClN/c1-10-5-6-17(11(2)7-10)9-12-3-4-13(15)8-14(12)16/h3-4,8,10-11H,5-7,9H2,1-2H3. The molecular formula is C14H19BrClN. The molecule has 94 valence electrons. The Balaban J connectivity index is 2.05. The number of halogens is 2. The molecule has 0 radical (unpaired) electrons. The van der Waals surface area contributed by atoms with Crippen LogP contribution >= 0.6 is 27.5 Å². The van der Waals surface area contributed by atoms with Crippen LogP contribution in [0.25, 0.3) is 0 Å². The van der Waals surface area contributed by atoms with E-state index in [-0.39, 0.29) is 0 Å². The normalized spacial score (nSPS) is 26.1. The van der Waals surface area contributed by atoms with Crippen LogP contribution in [0.5, 0.6) is 0 Å². The van der Waals surface area contributed by atoms with E-state index in [9.17, 15) is 0 Å². The molecule has 1 aromatic carbocycles. The molecule has 1 fully saturated rings. The molecule has 0 aromatic heterocycles. The predicted octanol–water partition coefficient (Wildman–Crippen LogP) is 4.72. The van der Waals surface area contributed by atoms with E-state index in [2.05, 4.69) is 46.8 Å². The zero-order valence-electron chi connectivity index (χ0n) is 10.4. The Morgan fingerprint density at radius 1 is 1.41 bits per heavy atom. The molecule has 2 atom stereocenters. The molecule has 3 heteroatoms. The third kappa shape index (κ3) is 3.46. The summed E-state index contributed by atoms with van der Waals surface area (Å²) in [7, 11) is 0. The van der Waals surface area contributed by atoms with Crippen molar-refractivity contribution in [1.82, 2.24) is 4.90 Å². The van der Waals surface area contributed by atoms with Gasteiger partial charge >= 0.3 is 0 Å². The van der Waals surface area contributed by atoms with E-state index in [1.54, 1.807) is 0 Å². The van der Waals surface area contributed by atoms with E-state index < -0.39 is 0 Å².